The van der Waals surface area contributed by atoms with Crippen molar-refractivity contribution in [2.75, 3.05) is 6.61 Å². The minimum atomic E-state index is -1.04. The Morgan fingerprint density at radius 3 is 2.74 bits per heavy atom. The molecule has 0 aliphatic rings. The number of aromatic amines is 1. The van der Waals surface area contributed by atoms with Crippen LogP contribution in [-0.2, 0) is 11.2 Å². The Kier molecular flexibility index (Phi) is 5.91. The maximum absolute atomic E-state index is 10.6. The van der Waals surface area contributed by atoms with Crippen LogP contribution >= 0.6 is 11.6 Å². The van der Waals surface area contributed by atoms with Crippen molar-refractivity contribution in [2.45, 2.75) is 33.1 Å². The van der Waals surface area contributed by atoms with Crippen LogP contribution in [-0.4, -0.2) is 22.7 Å². The number of unbranched alkanes of at least 4 members (excludes halogenated alkanes) is 1. The van der Waals surface area contributed by atoms with E-state index in [1.807, 2.05) is 25.1 Å². The second-order valence-corrected chi connectivity index (χ2v) is 6.87. The Morgan fingerprint density at radius 1 is 1.22 bits per heavy atom. The van der Waals surface area contributed by atoms with E-state index in [-0.39, 0.29) is 0 Å². The number of aliphatic carboxylic acids is 1. The molecule has 27 heavy (non-hydrogen) atoms. The van der Waals surface area contributed by atoms with Gasteiger partial charge >= 0.3 is 5.97 Å². The highest BCUT2D eigenvalue weighted by molar-refractivity contribution is 6.32. The van der Waals surface area contributed by atoms with Crippen molar-refractivity contribution in [3.05, 3.63) is 52.7 Å². The quantitative estimate of drug-likeness (QED) is 0.517. The van der Waals surface area contributed by atoms with Crippen LogP contribution in [0.1, 0.15) is 30.9 Å². The van der Waals surface area contributed by atoms with Crippen LogP contribution in [0.25, 0.3) is 10.9 Å². The third-order valence-electron chi connectivity index (χ3n) is 4.32. The summed E-state index contributed by atoms with van der Waals surface area (Å²) >= 11 is 6.34. The maximum atomic E-state index is 10.6. The molecule has 0 atom stereocenters. The molecule has 0 radical (unpaired) electrons. The molecule has 0 aliphatic heterocycles. The first-order chi connectivity index (χ1) is 13.0. The summed E-state index contributed by atoms with van der Waals surface area (Å²) in [4.78, 5) is 13.9. The van der Waals surface area contributed by atoms with Crippen LogP contribution in [0, 0.1) is 6.92 Å². The molecule has 3 aromatic rings. The van der Waals surface area contributed by atoms with E-state index in [2.05, 4.69) is 18.1 Å². The van der Waals surface area contributed by atoms with Gasteiger partial charge in [0.15, 0.2) is 6.61 Å². The Bertz CT molecular complexity index is 941. The second-order valence-electron chi connectivity index (χ2n) is 6.46. The second kappa shape index (κ2) is 8.35. The first kappa shape index (κ1) is 19.1. The molecule has 2 aromatic carbocycles. The number of rotatable bonds is 8. The smallest absolute Gasteiger partial charge is 0.341 e. The van der Waals surface area contributed by atoms with Gasteiger partial charge in [0.25, 0.3) is 0 Å². The third kappa shape index (κ3) is 4.55. The van der Waals surface area contributed by atoms with Gasteiger partial charge in [-0.3, -0.25) is 0 Å². The van der Waals surface area contributed by atoms with E-state index in [0.29, 0.717) is 22.3 Å². The van der Waals surface area contributed by atoms with Crippen molar-refractivity contribution in [1.29, 1.82) is 0 Å². The van der Waals surface area contributed by atoms with E-state index in [1.54, 1.807) is 12.1 Å². The number of hydrogen-bond acceptors (Lipinski definition) is 3. The number of aromatic nitrogens is 1. The largest absolute Gasteiger partial charge is 0.482 e. The van der Waals surface area contributed by atoms with E-state index >= 15 is 0 Å². The Labute approximate surface area is 162 Å². The predicted molar refractivity (Wildman–Crippen MR) is 106 cm³/mol. The molecule has 6 heteroatoms. The summed E-state index contributed by atoms with van der Waals surface area (Å²) in [6, 6.07) is 9.18. The summed E-state index contributed by atoms with van der Waals surface area (Å²) in [6.07, 6.45) is 5.36. The number of carbonyl (C=O) groups is 1. The van der Waals surface area contributed by atoms with E-state index in [0.717, 1.165) is 35.7 Å². The number of halogens is 1. The van der Waals surface area contributed by atoms with Gasteiger partial charge in [-0.05, 0) is 55.2 Å². The Hall–Kier alpha value is -2.66. The summed E-state index contributed by atoms with van der Waals surface area (Å²) in [5, 5.41) is 10.2. The molecule has 1 heterocycles. The SMILES string of the molecule is CCCCc1c[nH]c2ccc(Oc3c(C)cc(OCC(=O)O)cc3Cl)cc12. The maximum Gasteiger partial charge on any atom is 0.341 e. The third-order valence-corrected chi connectivity index (χ3v) is 4.60. The van der Waals surface area contributed by atoms with Crippen molar-refractivity contribution in [1.82, 2.24) is 4.98 Å². The molecule has 5 nitrogen and oxygen atoms in total. The molecule has 0 amide bonds. The number of H-pyrrole nitrogens is 1. The van der Waals surface area contributed by atoms with E-state index < -0.39 is 12.6 Å². The average Bonchev–Trinajstić information content (AvgIpc) is 3.03. The van der Waals surface area contributed by atoms with Gasteiger partial charge in [0.2, 0.25) is 0 Å². The molecule has 0 aliphatic carbocycles. The highest BCUT2D eigenvalue weighted by Gasteiger charge is 2.12. The van der Waals surface area contributed by atoms with Gasteiger partial charge in [-0.15, -0.1) is 0 Å². The number of ether oxygens (including phenoxy) is 2. The van der Waals surface area contributed by atoms with Gasteiger partial charge in [0.1, 0.15) is 17.2 Å². The Morgan fingerprint density at radius 2 is 2.04 bits per heavy atom. The fraction of sp³-hybridized carbons (Fsp3) is 0.286. The van der Waals surface area contributed by atoms with Crippen LogP contribution in [0.5, 0.6) is 17.2 Å². The van der Waals surface area contributed by atoms with E-state index in [9.17, 15) is 4.79 Å². The van der Waals surface area contributed by atoms with Crippen molar-refractivity contribution >= 4 is 28.5 Å². The van der Waals surface area contributed by atoms with Crippen LogP contribution in [0.4, 0.5) is 0 Å². The zero-order valence-corrected chi connectivity index (χ0v) is 16.1. The highest BCUT2D eigenvalue weighted by Crippen LogP contribution is 2.37. The minimum Gasteiger partial charge on any atom is -0.482 e. The van der Waals surface area contributed by atoms with Gasteiger partial charge in [-0.1, -0.05) is 24.9 Å². The molecule has 0 saturated heterocycles. The first-order valence-corrected chi connectivity index (χ1v) is 9.28. The standard InChI is InChI=1S/C21H22ClNO4/c1-3-4-5-14-11-23-19-7-6-15(9-17(14)19)27-21-13(2)8-16(10-18(21)22)26-12-20(24)25/h6-11,23H,3-5,12H2,1-2H3,(H,24,25). The summed E-state index contributed by atoms with van der Waals surface area (Å²) in [7, 11) is 0. The highest BCUT2D eigenvalue weighted by atomic mass is 35.5. The van der Waals surface area contributed by atoms with Crippen LogP contribution in [0.2, 0.25) is 5.02 Å². The molecular formula is C21H22ClNO4. The lowest BCUT2D eigenvalue weighted by Crippen LogP contribution is -2.09. The molecule has 0 fully saturated rings. The van der Waals surface area contributed by atoms with E-state index in [1.165, 1.54) is 5.56 Å². The number of benzene rings is 2. The summed E-state index contributed by atoms with van der Waals surface area (Å²) in [6.45, 7) is 3.61. The van der Waals surface area contributed by atoms with Crippen LogP contribution in [0.3, 0.4) is 0 Å². The lowest BCUT2D eigenvalue weighted by atomic mass is 10.1. The van der Waals surface area contributed by atoms with Crippen LogP contribution in [0.15, 0.2) is 36.5 Å². The average molecular weight is 388 g/mol. The summed E-state index contributed by atoms with van der Waals surface area (Å²) in [5.41, 5.74) is 3.12. The van der Waals surface area contributed by atoms with Gasteiger partial charge < -0.3 is 19.6 Å². The summed E-state index contributed by atoms with van der Waals surface area (Å²) in [5.74, 6) is 0.589. The van der Waals surface area contributed by atoms with Crippen molar-refractivity contribution in [2.24, 2.45) is 0 Å². The van der Waals surface area contributed by atoms with Gasteiger partial charge in [0, 0.05) is 23.2 Å². The zero-order chi connectivity index (χ0) is 19.4. The molecule has 0 unspecified atom stereocenters. The monoisotopic (exact) mass is 387 g/mol. The molecule has 0 bridgehead atoms. The zero-order valence-electron chi connectivity index (χ0n) is 15.3. The van der Waals surface area contributed by atoms with Gasteiger partial charge in [-0.2, -0.15) is 0 Å². The fourth-order valence-corrected chi connectivity index (χ4v) is 3.27. The first-order valence-electron chi connectivity index (χ1n) is 8.90. The topological polar surface area (TPSA) is 71.5 Å². The number of carboxylic acid groups (broad SMARTS) is 1. The number of nitrogens with one attached hydrogen (secondary N) is 1. The lowest BCUT2D eigenvalue weighted by molar-refractivity contribution is -0.139. The van der Waals surface area contributed by atoms with Gasteiger partial charge in [0.05, 0.1) is 5.02 Å². The fourth-order valence-electron chi connectivity index (χ4n) is 2.97. The van der Waals surface area contributed by atoms with Crippen LogP contribution < -0.4 is 9.47 Å². The predicted octanol–water partition coefficient (Wildman–Crippen LogP) is 5.73. The number of carboxylic acids is 1. The molecule has 0 saturated carbocycles. The number of aryl methyl sites for hydroxylation is 2. The normalized spacial score (nSPS) is 10.9. The summed E-state index contributed by atoms with van der Waals surface area (Å²) < 4.78 is 11.2. The van der Waals surface area contributed by atoms with Gasteiger partial charge in [-0.25, -0.2) is 4.79 Å². The van der Waals surface area contributed by atoms with Crippen molar-refractivity contribution < 1.29 is 19.4 Å². The molecule has 2 N–H and O–H groups in total. The molecule has 142 valence electrons. The molecule has 3 rings (SSSR count). The Balaban J connectivity index is 1.85. The molecular weight excluding hydrogens is 366 g/mol. The van der Waals surface area contributed by atoms with E-state index in [4.69, 9.17) is 26.2 Å². The molecule has 1 aromatic heterocycles. The van der Waals surface area contributed by atoms with Crippen molar-refractivity contribution in [3.63, 3.8) is 0 Å². The lowest BCUT2D eigenvalue weighted by Gasteiger charge is -2.13. The number of hydrogen-bond donors (Lipinski definition) is 2. The number of fused-ring (bicyclic) bond motifs is 1. The van der Waals surface area contributed by atoms with Crippen molar-refractivity contribution in [3.8, 4) is 17.2 Å². The minimum absolute atomic E-state index is 0.371. The molecule has 0 spiro atoms.